The third-order valence-corrected chi connectivity index (χ3v) is 4.34. The molecule has 1 amide bonds. The molecule has 0 aliphatic carbocycles. The van der Waals surface area contributed by atoms with E-state index in [-0.39, 0.29) is 18.6 Å². The van der Waals surface area contributed by atoms with Gasteiger partial charge in [-0.2, -0.15) is 0 Å². The van der Waals surface area contributed by atoms with E-state index < -0.39 is 0 Å². The SMILES string of the molecule is CCCC#Cc1ccc(C(=O)Nc2ccc3c(c2)OCC(CO)N3)c(C)c1. The minimum atomic E-state index is -0.169. The average molecular weight is 364 g/mol. The van der Waals surface area contributed by atoms with Crippen LogP contribution in [0.5, 0.6) is 5.75 Å². The number of ether oxygens (including phenoxy) is 1. The van der Waals surface area contributed by atoms with Gasteiger partial charge in [0, 0.05) is 29.3 Å². The Morgan fingerprint density at radius 1 is 1.33 bits per heavy atom. The lowest BCUT2D eigenvalue weighted by Crippen LogP contribution is -2.34. The summed E-state index contributed by atoms with van der Waals surface area (Å²) in [6.07, 6.45) is 1.91. The van der Waals surface area contributed by atoms with Crippen molar-refractivity contribution in [3.63, 3.8) is 0 Å². The molecule has 0 saturated heterocycles. The Morgan fingerprint density at radius 3 is 2.93 bits per heavy atom. The summed E-state index contributed by atoms with van der Waals surface area (Å²) in [4.78, 5) is 12.6. The minimum Gasteiger partial charge on any atom is -0.489 e. The van der Waals surface area contributed by atoms with E-state index >= 15 is 0 Å². The zero-order valence-corrected chi connectivity index (χ0v) is 15.6. The quantitative estimate of drug-likeness (QED) is 0.726. The molecule has 0 bridgehead atoms. The van der Waals surface area contributed by atoms with Crippen LogP contribution < -0.4 is 15.4 Å². The van der Waals surface area contributed by atoms with Gasteiger partial charge in [-0.25, -0.2) is 0 Å². The van der Waals surface area contributed by atoms with Crippen LogP contribution in [0.15, 0.2) is 36.4 Å². The summed E-state index contributed by atoms with van der Waals surface area (Å²) in [5.74, 6) is 6.73. The van der Waals surface area contributed by atoms with Crippen LogP contribution in [0.2, 0.25) is 0 Å². The van der Waals surface area contributed by atoms with E-state index in [1.54, 1.807) is 6.07 Å². The number of hydrogen-bond acceptors (Lipinski definition) is 4. The van der Waals surface area contributed by atoms with Crippen molar-refractivity contribution in [3.8, 4) is 17.6 Å². The Kier molecular flexibility index (Phi) is 6.00. The molecule has 3 N–H and O–H groups in total. The van der Waals surface area contributed by atoms with Crippen LogP contribution >= 0.6 is 0 Å². The molecule has 0 fully saturated rings. The van der Waals surface area contributed by atoms with Gasteiger partial charge in [0.25, 0.3) is 5.91 Å². The van der Waals surface area contributed by atoms with Crippen molar-refractivity contribution in [2.75, 3.05) is 23.8 Å². The van der Waals surface area contributed by atoms with Gasteiger partial charge < -0.3 is 20.5 Å². The third-order valence-electron chi connectivity index (χ3n) is 4.34. The normalized spacial score (nSPS) is 14.9. The minimum absolute atomic E-state index is 0.00994. The Labute approximate surface area is 159 Å². The Balaban J connectivity index is 1.72. The van der Waals surface area contributed by atoms with Gasteiger partial charge in [0.2, 0.25) is 0 Å². The molecule has 0 radical (unpaired) electrons. The van der Waals surface area contributed by atoms with E-state index in [1.807, 2.05) is 37.3 Å². The van der Waals surface area contributed by atoms with Crippen LogP contribution in [0, 0.1) is 18.8 Å². The molecule has 1 aliphatic heterocycles. The Bertz CT molecular complexity index is 896. The summed E-state index contributed by atoms with van der Waals surface area (Å²) in [6, 6.07) is 10.9. The fourth-order valence-corrected chi connectivity index (χ4v) is 2.87. The Hall–Kier alpha value is -2.97. The molecule has 3 rings (SSSR count). The molecule has 5 nitrogen and oxygen atoms in total. The molecule has 0 aromatic heterocycles. The number of carbonyl (C=O) groups excluding carboxylic acids is 1. The van der Waals surface area contributed by atoms with Crippen LogP contribution in [-0.4, -0.2) is 30.3 Å². The van der Waals surface area contributed by atoms with Crippen LogP contribution in [0.1, 0.15) is 41.3 Å². The van der Waals surface area contributed by atoms with Gasteiger partial charge in [-0.15, -0.1) is 0 Å². The van der Waals surface area contributed by atoms with Gasteiger partial charge in [0.15, 0.2) is 0 Å². The topological polar surface area (TPSA) is 70.6 Å². The number of aliphatic hydroxyl groups is 1. The van der Waals surface area contributed by atoms with E-state index in [1.165, 1.54) is 0 Å². The van der Waals surface area contributed by atoms with Crippen molar-refractivity contribution >= 4 is 17.3 Å². The second-order valence-corrected chi connectivity index (χ2v) is 6.58. The fraction of sp³-hybridized carbons (Fsp3) is 0.318. The van der Waals surface area contributed by atoms with Crippen LogP contribution in [0.4, 0.5) is 11.4 Å². The van der Waals surface area contributed by atoms with Gasteiger partial charge >= 0.3 is 0 Å². The van der Waals surface area contributed by atoms with E-state index in [9.17, 15) is 9.90 Å². The van der Waals surface area contributed by atoms with Crippen molar-refractivity contribution < 1.29 is 14.6 Å². The van der Waals surface area contributed by atoms with Crippen molar-refractivity contribution in [3.05, 3.63) is 53.1 Å². The molecule has 1 aliphatic rings. The molecule has 140 valence electrons. The second kappa shape index (κ2) is 8.61. The first-order chi connectivity index (χ1) is 13.1. The standard InChI is InChI=1S/C22H24N2O3/c1-3-4-5-6-16-7-9-19(15(2)11-16)22(26)24-17-8-10-20-21(12-17)27-14-18(13-25)23-20/h7-12,18,23,25H,3-4,13-14H2,1-2H3,(H,24,26). The molecule has 1 atom stereocenters. The summed E-state index contributed by atoms with van der Waals surface area (Å²) in [5, 5.41) is 15.3. The monoisotopic (exact) mass is 364 g/mol. The smallest absolute Gasteiger partial charge is 0.255 e. The lowest BCUT2D eigenvalue weighted by molar-refractivity contribution is 0.102. The molecule has 2 aromatic carbocycles. The highest BCUT2D eigenvalue weighted by Crippen LogP contribution is 2.32. The van der Waals surface area contributed by atoms with Crippen molar-refractivity contribution in [1.82, 2.24) is 0 Å². The number of rotatable bonds is 4. The summed E-state index contributed by atoms with van der Waals surface area (Å²) in [5.41, 5.74) is 3.90. The predicted octanol–water partition coefficient (Wildman–Crippen LogP) is 3.56. The molecule has 1 unspecified atom stereocenters. The number of fused-ring (bicyclic) bond motifs is 1. The number of hydrogen-bond donors (Lipinski definition) is 3. The lowest BCUT2D eigenvalue weighted by Gasteiger charge is -2.26. The van der Waals surface area contributed by atoms with Gasteiger partial charge in [0.1, 0.15) is 12.4 Å². The van der Waals surface area contributed by atoms with E-state index in [4.69, 9.17) is 4.74 Å². The number of amides is 1. The largest absolute Gasteiger partial charge is 0.489 e. The number of aryl methyl sites for hydroxylation is 1. The first kappa shape index (κ1) is 18.8. The molecule has 27 heavy (non-hydrogen) atoms. The maximum absolute atomic E-state index is 12.6. The Morgan fingerprint density at radius 2 is 2.19 bits per heavy atom. The highest BCUT2D eigenvalue weighted by atomic mass is 16.5. The molecule has 1 heterocycles. The summed E-state index contributed by atoms with van der Waals surface area (Å²) in [6.45, 7) is 4.41. The van der Waals surface area contributed by atoms with Gasteiger partial charge in [-0.3, -0.25) is 4.79 Å². The zero-order chi connectivity index (χ0) is 19.2. The third kappa shape index (κ3) is 4.60. The number of carbonyl (C=O) groups is 1. The fourth-order valence-electron chi connectivity index (χ4n) is 2.87. The van der Waals surface area contributed by atoms with Gasteiger partial charge in [-0.1, -0.05) is 18.8 Å². The van der Waals surface area contributed by atoms with Crippen LogP contribution in [0.25, 0.3) is 0 Å². The van der Waals surface area contributed by atoms with Crippen LogP contribution in [0.3, 0.4) is 0 Å². The highest BCUT2D eigenvalue weighted by molar-refractivity contribution is 6.05. The number of anilines is 2. The summed E-state index contributed by atoms with van der Waals surface area (Å²) >= 11 is 0. The summed E-state index contributed by atoms with van der Waals surface area (Å²) in [7, 11) is 0. The number of aliphatic hydroxyl groups excluding tert-OH is 1. The van der Waals surface area contributed by atoms with E-state index in [0.29, 0.717) is 23.6 Å². The number of nitrogens with one attached hydrogen (secondary N) is 2. The van der Waals surface area contributed by atoms with E-state index in [2.05, 4.69) is 29.4 Å². The van der Waals surface area contributed by atoms with Crippen molar-refractivity contribution in [1.29, 1.82) is 0 Å². The molecule has 0 saturated carbocycles. The molecular weight excluding hydrogens is 340 g/mol. The van der Waals surface area contributed by atoms with Crippen molar-refractivity contribution in [2.24, 2.45) is 0 Å². The molecule has 2 aromatic rings. The maximum atomic E-state index is 12.6. The van der Waals surface area contributed by atoms with E-state index in [0.717, 1.165) is 29.7 Å². The molecular formula is C22H24N2O3. The van der Waals surface area contributed by atoms with Gasteiger partial charge in [0.05, 0.1) is 18.3 Å². The zero-order valence-electron chi connectivity index (χ0n) is 15.6. The maximum Gasteiger partial charge on any atom is 0.255 e. The van der Waals surface area contributed by atoms with Crippen LogP contribution in [-0.2, 0) is 0 Å². The number of benzene rings is 2. The second-order valence-electron chi connectivity index (χ2n) is 6.58. The predicted molar refractivity (Wildman–Crippen MR) is 107 cm³/mol. The van der Waals surface area contributed by atoms with Crippen molar-refractivity contribution in [2.45, 2.75) is 32.7 Å². The summed E-state index contributed by atoms with van der Waals surface area (Å²) < 4.78 is 5.65. The van der Waals surface area contributed by atoms with Gasteiger partial charge in [-0.05, 0) is 49.2 Å². The number of unbranched alkanes of at least 4 members (excludes halogenated alkanes) is 1. The first-order valence-electron chi connectivity index (χ1n) is 9.16. The molecule has 0 spiro atoms. The lowest BCUT2D eigenvalue weighted by atomic mass is 10.0. The highest BCUT2D eigenvalue weighted by Gasteiger charge is 2.19. The molecule has 5 heteroatoms. The first-order valence-corrected chi connectivity index (χ1v) is 9.16. The average Bonchev–Trinajstić information content (AvgIpc) is 2.67.